The molecule has 1 atom stereocenters. The number of rotatable bonds is 10. The number of amides is 5. The fourth-order valence-electron chi connectivity index (χ4n) is 5.30. The summed E-state index contributed by atoms with van der Waals surface area (Å²) >= 11 is 6.10. The van der Waals surface area contributed by atoms with Crippen molar-refractivity contribution >= 4 is 46.6 Å². The SMILES string of the molecule is COc1ccc2c(c1)CCN(C1CCN(C(=O)CNC(=O)/C(=C\N[C@H](C)CNC(=O)C(F)(F)F)c3cccc(F)c3Cl)CC1)C(=O)N2. The van der Waals surface area contributed by atoms with Crippen LogP contribution < -0.4 is 26.0 Å². The number of fused-ring (bicyclic) bond motifs is 1. The minimum absolute atomic E-state index is 0.0206. The number of halogens is 5. The van der Waals surface area contributed by atoms with Crippen molar-refractivity contribution in [2.45, 2.75) is 44.4 Å². The lowest BCUT2D eigenvalue weighted by atomic mass is 10.0. The molecule has 0 unspecified atom stereocenters. The number of ether oxygens (including phenoxy) is 1. The minimum atomic E-state index is -5.05. The third-order valence-corrected chi connectivity index (χ3v) is 8.30. The third-order valence-electron chi connectivity index (χ3n) is 7.92. The first-order valence-corrected chi connectivity index (χ1v) is 15.2. The Kier molecular flexibility index (Phi) is 11.6. The van der Waals surface area contributed by atoms with Crippen LogP contribution in [0.15, 0.2) is 42.6 Å². The van der Waals surface area contributed by atoms with Crippen molar-refractivity contribution < 1.29 is 41.5 Å². The number of nitrogens with zero attached hydrogens (tertiary/aromatic N) is 2. The standard InChI is InChI=1S/C31H35ClF4N6O5/c1-18(15-39-29(45)31(34,35)36)37-16-23(22-4-3-5-24(33)27(22)32)28(44)38-17-26(43)41-11-9-20(10-12-41)42-13-8-19-14-21(47-2)6-7-25(19)40-30(42)46/h3-7,14,16,18,20,37H,8-13,15,17H2,1-2H3,(H,38,44)(H,39,45)(H,40,46)/b23-16-/t18-/m1/s1. The van der Waals surface area contributed by atoms with Gasteiger partial charge in [-0.3, -0.25) is 14.4 Å². The highest BCUT2D eigenvalue weighted by Gasteiger charge is 2.38. The molecule has 0 aliphatic carbocycles. The number of carbonyl (C=O) groups excluding carboxylic acids is 4. The maximum absolute atomic E-state index is 14.2. The molecule has 4 rings (SSSR count). The van der Waals surface area contributed by atoms with Crippen LogP contribution in [-0.2, 0) is 20.8 Å². The molecule has 0 aromatic heterocycles. The van der Waals surface area contributed by atoms with Crippen LogP contribution >= 0.6 is 11.6 Å². The van der Waals surface area contributed by atoms with E-state index in [9.17, 15) is 36.7 Å². The van der Waals surface area contributed by atoms with Gasteiger partial charge in [-0.1, -0.05) is 23.7 Å². The fourth-order valence-corrected chi connectivity index (χ4v) is 5.53. The number of nitrogens with one attached hydrogen (secondary N) is 4. The highest BCUT2D eigenvalue weighted by Crippen LogP contribution is 2.29. The summed E-state index contributed by atoms with van der Waals surface area (Å²) in [5, 5.41) is 9.51. The van der Waals surface area contributed by atoms with Gasteiger partial charge in [0.1, 0.15) is 11.6 Å². The molecule has 4 N–H and O–H groups in total. The van der Waals surface area contributed by atoms with Crippen LogP contribution in [0.25, 0.3) is 5.57 Å². The molecule has 2 aliphatic rings. The number of likely N-dealkylation sites (tertiary alicyclic amines) is 1. The number of piperidine rings is 1. The van der Waals surface area contributed by atoms with E-state index in [1.54, 1.807) is 28.3 Å². The van der Waals surface area contributed by atoms with Crippen molar-refractivity contribution in [2.24, 2.45) is 0 Å². The lowest BCUT2D eigenvalue weighted by Crippen LogP contribution is -2.51. The summed E-state index contributed by atoms with van der Waals surface area (Å²) in [6.45, 7) is 1.83. The van der Waals surface area contributed by atoms with E-state index in [1.807, 2.05) is 12.1 Å². The van der Waals surface area contributed by atoms with Crippen LogP contribution in [-0.4, -0.2) is 91.6 Å². The van der Waals surface area contributed by atoms with Crippen molar-refractivity contribution in [1.29, 1.82) is 0 Å². The van der Waals surface area contributed by atoms with Gasteiger partial charge in [-0.25, -0.2) is 9.18 Å². The number of carbonyl (C=O) groups is 4. The number of hydrogen-bond acceptors (Lipinski definition) is 6. The largest absolute Gasteiger partial charge is 0.497 e. The Bertz CT molecular complexity index is 1530. The number of urea groups is 1. The van der Waals surface area contributed by atoms with Gasteiger partial charge in [0.15, 0.2) is 0 Å². The zero-order valence-corrected chi connectivity index (χ0v) is 26.4. The first-order valence-electron chi connectivity index (χ1n) is 14.8. The molecular weight excluding hydrogens is 648 g/mol. The van der Waals surface area contributed by atoms with E-state index in [1.165, 1.54) is 19.1 Å². The van der Waals surface area contributed by atoms with E-state index < -0.39 is 42.9 Å². The Hall–Kier alpha value is -4.53. The Labute approximate surface area is 273 Å². The summed E-state index contributed by atoms with van der Waals surface area (Å²) in [7, 11) is 1.58. The first kappa shape index (κ1) is 35.3. The second-order valence-electron chi connectivity index (χ2n) is 11.1. The smallest absolute Gasteiger partial charge is 0.471 e. The molecule has 1 fully saturated rings. The minimum Gasteiger partial charge on any atom is -0.497 e. The quantitative estimate of drug-likeness (QED) is 0.223. The predicted molar refractivity (Wildman–Crippen MR) is 166 cm³/mol. The molecule has 2 aromatic carbocycles. The molecule has 47 heavy (non-hydrogen) atoms. The van der Waals surface area contributed by atoms with Crippen LogP contribution in [0, 0.1) is 5.82 Å². The summed E-state index contributed by atoms with van der Waals surface area (Å²) in [6, 6.07) is 8.18. The van der Waals surface area contributed by atoms with Gasteiger partial charge in [-0.2, -0.15) is 13.2 Å². The summed E-state index contributed by atoms with van der Waals surface area (Å²) < 4.78 is 57.1. The molecule has 5 amide bonds. The fraction of sp³-hybridized carbons (Fsp3) is 0.419. The molecule has 2 heterocycles. The Morgan fingerprint density at radius 3 is 2.53 bits per heavy atom. The summed E-state index contributed by atoms with van der Waals surface area (Å²) in [5.74, 6) is -3.40. The van der Waals surface area contributed by atoms with Crippen molar-refractivity contribution in [3.8, 4) is 5.75 Å². The van der Waals surface area contributed by atoms with E-state index in [0.29, 0.717) is 44.6 Å². The van der Waals surface area contributed by atoms with E-state index in [2.05, 4.69) is 16.0 Å². The average Bonchev–Trinajstić information content (AvgIpc) is 3.21. The Morgan fingerprint density at radius 2 is 1.85 bits per heavy atom. The highest BCUT2D eigenvalue weighted by molar-refractivity contribution is 6.35. The van der Waals surface area contributed by atoms with E-state index >= 15 is 0 Å². The van der Waals surface area contributed by atoms with Crippen LogP contribution in [0.3, 0.4) is 0 Å². The normalized spacial score (nSPS) is 16.4. The van der Waals surface area contributed by atoms with Gasteiger partial charge in [0.2, 0.25) is 5.91 Å². The first-order chi connectivity index (χ1) is 22.3. The summed E-state index contributed by atoms with van der Waals surface area (Å²) in [4.78, 5) is 53.7. The van der Waals surface area contributed by atoms with Crippen molar-refractivity contribution in [2.75, 3.05) is 45.2 Å². The number of benzene rings is 2. The van der Waals surface area contributed by atoms with Crippen LogP contribution in [0.4, 0.5) is 28.0 Å². The second kappa shape index (κ2) is 15.4. The van der Waals surface area contributed by atoms with Crippen LogP contribution in [0.2, 0.25) is 5.02 Å². The van der Waals surface area contributed by atoms with Crippen molar-refractivity contribution in [3.05, 3.63) is 64.6 Å². The molecule has 254 valence electrons. The second-order valence-corrected chi connectivity index (χ2v) is 11.5. The number of hydrogen-bond donors (Lipinski definition) is 4. The maximum Gasteiger partial charge on any atom is 0.471 e. The maximum atomic E-state index is 14.2. The molecule has 2 aromatic rings. The molecule has 16 heteroatoms. The van der Waals surface area contributed by atoms with Crippen molar-refractivity contribution in [1.82, 2.24) is 25.8 Å². The number of alkyl halides is 3. The van der Waals surface area contributed by atoms with Gasteiger partial charge >= 0.3 is 18.1 Å². The van der Waals surface area contributed by atoms with E-state index in [4.69, 9.17) is 16.3 Å². The van der Waals surface area contributed by atoms with E-state index in [0.717, 1.165) is 23.5 Å². The monoisotopic (exact) mass is 682 g/mol. The molecule has 0 bridgehead atoms. The van der Waals surface area contributed by atoms with Crippen LogP contribution in [0.5, 0.6) is 5.75 Å². The van der Waals surface area contributed by atoms with Crippen molar-refractivity contribution in [3.63, 3.8) is 0 Å². The van der Waals surface area contributed by atoms with Crippen LogP contribution in [0.1, 0.15) is 30.9 Å². The predicted octanol–water partition coefficient (Wildman–Crippen LogP) is 3.68. The highest BCUT2D eigenvalue weighted by atomic mass is 35.5. The topological polar surface area (TPSA) is 132 Å². The van der Waals surface area contributed by atoms with Gasteiger partial charge < -0.3 is 35.8 Å². The number of anilines is 1. The molecule has 11 nitrogen and oxygen atoms in total. The van der Waals surface area contributed by atoms with Gasteiger partial charge in [0.25, 0.3) is 5.91 Å². The average molecular weight is 683 g/mol. The zero-order valence-electron chi connectivity index (χ0n) is 25.7. The van der Waals surface area contributed by atoms with E-state index in [-0.39, 0.29) is 34.1 Å². The van der Waals surface area contributed by atoms with Gasteiger partial charge in [0, 0.05) is 55.7 Å². The Morgan fingerprint density at radius 1 is 1.13 bits per heavy atom. The molecule has 0 spiro atoms. The molecular formula is C31H35ClF4N6O5. The van der Waals surface area contributed by atoms with Gasteiger partial charge in [-0.05, 0) is 56.0 Å². The molecule has 2 aliphatic heterocycles. The summed E-state index contributed by atoms with van der Waals surface area (Å²) in [6.07, 6.45) is -2.22. The Balaban J connectivity index is 1.33. The number of methoxy groups -OCH3 is 1. The molecule has 1 saturated heterocycles. The van der Waals surface area contributed by atoms with Gasteiger partial charge in [0.05, 0.1) is 24.3 Å². The summed E-state index contributed by atoms with van der Waals surface area (Å²) in [5.41, 5.74) is 1.50. The van der Waals surface area contributed by atoms with Gasteiger partial charge in [-0.15, -0.1) is 0 Å². The lowest BCUT2D eigenvalue weighted by molar-refractivity contribution is -0.173. The zero-order chi connectivity index (χ0) is 34.3. The molecule has 0 radical (unpaired) electrons. The third kappa shape index (κ3) is 9.05. The lowest BCUT2D eigenvalue weighted by Gasteiger charge is -2.38. The molecule has 0 saturated carbocycles.